The molecule has 1 aliphatic rings. The van der Waals surface area contributed by atoms with E-state index in [9.17, 15) is 9.90 Å². The number of para-hydroxylation sites is 1. The summed E-state index contributed by atoms with van der Waals surface area (Å²) in [5.74, 6) is 0. The second kappa shape index (κ2) is 7.28. The fraction of sp³-hybridized carbons (Fsp3) is 0.412. The zero-order valence-electron chi connectivity index (χ0n) is 13.1. The Bertz CT molecular complexity index is 641. The Morgan fingerprint density at radius 1 is 1.35 bits per heavy atom. The summed E-state index contributed by atoms with van der Waals surface area (Å²) in [6.45, 7) is 1.33. The zero-order valence-corrected chi connectivity index (χ0v) is 13.1. The smallest absolute Gasteiger partial charge is 0.317 e. The molecular formula is C17H22N4O2. The van der Waals surface area contributed by atoms with Gasteiger partial charge in [0, 0.05) is 19.3 Å². The van der Waals surface area contributed by atoms with E-state index in [4.69, 9.17) is 0 Å². The van der Waals surface area contributed by atoms with Crippen molar-refractivity contribution >= 4 is 6.03 Å². The van der Waals surface area contributed by atoms with E-state index < -0.39 is 0 Å². The number of likely N-dealkylation sites (tertiary alicyclic amines) is 1. The van der Waals surface area contributed by atoms with Gasteiger partial charge in [-0.1, -0.05) is 18.2 Å². The van der Waals surface area contributed by atoms with Gasteiger partial charge in [-0.25, -0.2) is 9.48 Å². The first kappa shape index (κ1) is 15.6. The minimum Gasteiger partial charge on any atom is -0.394 e. The maximum absolute atomic E-state index is 12.1. The van der Waals surface area contributed by atoms with Crippen molar-refractivity contribution in [2.24, 2.45) is 0 Å². The molecule has 6 heteroatoms. The van der Waals surface area contributed by atoms with Crippen LogP contribution in [0.1, 0.15) is 18.4 Å². The Balaban J connectivity index is 1.49. The highest BCUT2D eigenvalue weighted by molar-refractivity contribution is 5.74. The molecule has 2 aromatic rings. The molecule has 0 radical (unpaired) electrons. The van der Waals surface area contributed by atoms with Gasteiger partial charge in [-0.15, -0.1) is 0 Å². The van der Waals surface area contributed by atoms with E-state index >= 15 is 0 Å². The topological polar surface area (TPSA) is 70.4 Å². The summed E-state index contributed by atoms with van der Waals surface area (Å²) in [5, 5.41) is 16.5. The van der Waals surface area contributed by atoms with Crippen LogP contribution in [0.5, 0.6) is 0 Å². The minimum atomic E-state index is -0.0861. The summed E-state index contributed by atoms with van der Waals surface area (Å²) < 4.78 is 1.83. The average molecular weight is 314 g/mol. The fourth-order valence-electron chi connectivity index (χ4n) is 2.92. The first-order chi connectivity index (χ1) is 11.3. The number of aliphatic hydroxyl groups is 1. The maximum Gasteiger partial charge on any atom is 0.317 e. The van der Waals surface area contributed by atoms with Gasteiger partial charge in [0.05, 0.1) is 24.5 Å². The van der Waals surface area contributed by atoms with Crippen molar-refractivity contribution in [3.05, 3.63) is 48.3 Å². The number of hydrogen-bond donors (Lipinski definition) is 2. The summed E-state index contributed by atoms with van der Waals surface area (Å²) in [6, 6.07) is 9.81. The van der Waals surface area contributed by atoms with Crippen LogP contribution < -0.4 is 5.32 Å². The van der Waals surface area contributed by atoms with Crippen LogP contribution in [0.15, 0.2) is 42.7 Å². The van der Waals surface area contributed by atoms with E-state index in [1.807, 2.05) is 47.4 Å². The van der Waals surface area contributed by atoms with Crippen LogP contribution >= 0.6 is 0 Å². The molecule has 1 saturated heterocycles. The molecule has 2 heterocycles. The van der Waals surface area contributed by atoms with E-state index in [1.54, 1.807) is 4.90 Å². The Morgan fingerprint density at radius 2 is 2.17 bits per heavy atom. The SMILES string of the molecule is O=C(NCCc1cnn(-c2ccccc2)c1)N1CCCC1CO. The number of urea groups is 1. The number of benzene rings is 1. The highest BCUT2D eigenvalue weighted by atomic mass is 16.3. The number of nitrogens with one attached hydrogen (secondary N) is 1. The van der Waals surface area contributed by atoms with Crippen molar-refractivity contribution in [3.8, 4) is 5.69 Å². The summed E-state index contributed by atoms with van der Waals surface area (Å²) in [5.41, 5.74) is 2.10. The number of carbonyl (C=O) groups is 1. The molecule has 1 aliphatic heterocycles. The number of nitrogens with zero attached hydrogens (tertiary/aromatic N) is 3. The first-order valence-corrected chi connectivity index (χ1v) is 8.02. The minimum absolute atomic E-state index is 0.0316. The lowest BCUT2D eigenvalue weighted by atomic mass is 10.2. The Hall–Kier alpha value is -2.34. The Labute approximate surface area is 135 Å². The Morgan fingerprint density at radius 3 is 2.96 bits per heavy atom. The molecule has 0 bridgehead atoms. The van der Waals surface area contributed by atoms with Crippen LogP contribution in [0.4, 0.5) is 4.79 Å². The van der Waals surface area contributed by atoms with Gasteiger partial charge in [0.15, 0.2) is 0 Å². The summed E-state index contributed by atoms with van der Waals surface area (Å²) in [7, 11) is 0. The maximum atomic E-state index is 12.1. The van der Waals surface area contributed by atoms with Crippen molar-refractivity contribution in [2.45, 2.75) is 25.3 Å². The molecule has 6 nitrogen and oxygen atoms in total. The second-order valence-corrected chi connectivity index (χ2v) is 5.78. The largest absolute Gasteiger partial charge is 0.394 e. The molecule has 2 amide bonds. The molecule has 1 unspecified atom stereocenters. The predicted molar refractivity (Wildman–Crippen MR) is 87.5 cm³/mol. The predicted octanol–water partition coefficient (Wildman–Crippen LogP) is 1.58. The van der Waals surface area contributed by atoms with Crippen LogP contribution in [0.2, 0.25) is 0 Å². The molecule has 0 aliphatic carbocycles. The molecule has 23 heavy (non-hydrogen) atoms. The number of carbonyl (C=O) groups excluding carboxylic acids is 1. The van der Waals surface area contributed by atoms with Crippen molar-refractivity contribution < 1.29 is 9.90 Å². The lowest BCUT2D eigenvalue weighted by molar-refractivity contribution is 0.157. The quantitative estimate of drug-likeness (QED) is 0.880. The third-order valence-electron chi connectivity index (χ3n) is 4.20. The number of aliphatic hydroxyl groups excluding tert-OH is 1. The van der Waals surface area contributed by atoms with Crippen LogP contribution in [-0.2, 0) is 6.42 Å². The number of amides is 2. The number of hydrogen-bond acceptors (Lipinski definition) is 3. The molecule has 1 fully saturated rings. The normalized spacial score (nSPS) is 17.4. The zero-order chi connectivity index (χ0) is 16.1. The van der Waals surface area contributed by atoms with E-state index in [0.717, 1.165) is 37.1 Å². The molecule has 0 spiro atoms. The first-order valence-electron chi connectivity index (χ1n) is 8.02. The van der Waals surface area contributed by atoms with E-state index in [2.05, 4.69) is 10.4 Å². The standard InChI is InChI=1S/C17H22N4O2/c22-13-16-7-4-10-20(16)17(23)18-9-8-14-11-19-21(12-14)15-5-2-1-3-6-15/h1-3,5-6,11-12,16,22H,4,7-10,13H2,(H,18,23). The highest BCUT2D eigenvalue weighted by Gasteiger charge is 2.27. The summed E-state index contributed by atoms with van der Waals surface area (Å²) in [4.78, 5) is 13.8. The highest BCUT2D eigenvalue weighted by Crippen LogP contribution is 2.16. The second-order valence-electron chi connectivity index (χ2n) is 5.78. The molecule has 1 atom stereocenters. The third kappa shape index (κ3) is 3.71. The van der Waals surface area contributed by atoms with Crippen LogP contribution in [-0.4, -0.2) is 51.6 Å². The number of aromatic nitrogens is 2. The molecule has 3 rings (SSSR count). The van der Waals surface area contributed by atoms with Crippen LogP contribution in [0.25, 0.3) is 5.69 Å². The van der Waals surface area contributed by atoms with E-state index in [0.29, 0.717) is 6.54 Å². The lowest BCUT2D eigenvalue weighted by Gasteiger charge is -2.23. The van der Waals surface area contributed by atoms with Crippen molar-refractivity contribution in [1.29, 1.82) is 0 Å². The van der Waals surface area contributed by atoms with Crippen molar-refractivity contribution in [2.75, 3.05) is 19.7 Å². The van der Waals surface area contributed by atoms with Gasteiger partial charge in [0.2, 0.25) is 0 Å². The van der Waals surface area contributed by atoms with Crippen molar-refractivity contribution in [3.63, 3.8) is 0 Å². The van der Waals surface area contributed by atoms with Crippen molar-refractivity contribution in [1.82, 2.24) is 20.0 Å². The van der Waals surface area contributed by atoms with E-state index in [-0.39, 0.29) is 18.7 Å². The number of rotatable bonds is 5. The fourth-order valence-corrected chi connectivity index (χ4v) is 2.92. The van der Waals surface area contributed by atoms with Gasteiger partial charge in [-0.2, -0.15) is 5.10 Å². The van der Waals surface area contributed by atoms with Gasteiger partial charge in [0.1, 0.15) is 0 Å². The van der Waals surface area contributed by atoms with Gasteiger partial charge in [-0.3, -0.25) is 0 Å². The van der Waals surface area contributed by atoms with Gasteiger partial charge in [0.25, 0.3) is 0 Å². The molecule has 122 valence electrons. The monoisotopic (exact) mass is 314 g/mol. The third-order valence-corrected chi connectivity index (χ3v) is 4.20. The molecule has 0 saturated carbocycles. The average Bonchev–Trinajstić information content (AvgIpc) is 3.24. The summed E-state index contributed by atoms with van der Waals surface area (Å²) in [6.07, 6.45) is 6.38. The van der Waals surface area contributed by atoms with E-state index in [1.165, 1.54) is 0 Å². The van der Waals surface area contributed by atoms with Gasteiger partial charge in [-0.05, 0) is 37.0 Å². The Kier molecular flexibility index (Phi) is 4.92. The molecule has 1 aromatic heterocycles. The molecule has 2 N–H and O–H groups in total. The molecule has 1 aromatic carbocycles. The summed E-state index contributed by atoms with van der Waals surface area (Å²) >= 11 is 0. The van der Waals surface area contributed by atoms with Crippen LogP contribution in [0.3, 0.4) is 0 Å². The van der Waals surface area contributed by atoms with Gasteiger partial charge >= 0.3 is 6.03 Å². The lowest BCUT2D eigenvalue weighted by Crippen LogP contribution is -2.44. The van der Waals surface area contributed by atoms with Gasteiger partial charge < -0.3 is 15.3 Å². The molecular weight excluding hydrogens is 292 g/mol. The van der Waals surface area contributed by atoms with Crippen LogP contribution in [0, 0.1) is 0 Å².